The lowest BCUT2D eigenvalue weighted by Crippen LogP contribution is -2.12. The maximum atomic E-state index is 5.87. The zero-order valence-corrected chi connectivity index (χ0v) is 8.22. The summed E-state index contributed by atoms with van der Waals surface area (Å²) in [5.41, 5.74) is 0.848. The third-order valence-electron chi connectivity index (χ3n) is 1.42. The van der Waals surface area contributed by atoms with Crippen LogP contribution in [0.1, 0.15) is 26.5 Å². The van der Waals surface area contributed by atoms with Gasteiger partial charge in [0, 0.05) is 5.41 Å². The van der Waals surface area contributed by atoms with Gasteiger partial charge in [-0.1, -0.05) is 44.0 Å². The lowest BCUT2D eigenvalue weighted by molar-refractivity contribution is 0.567. The Morgan fingerprint density at radius 1 is 1.27 bits per heavy atom. The molecule has 1 heterocycles. The van der Waals surface area contributed by atoms with Crippen molar-refractivity contribution in [2.75, 3.05) is 0 Å². The summed E-state index contributed by atoms with van der Waals surface area (Å²) >= 11 is 11.5. The monoisotopic (exact) mass is 192 g/mol. The number of nitrogens with one attached hydrogen (secondary N) is 1. The molecular formula is C7H10Cl2N2. The largest absolute Gasteiger partial charge is 0.279 e. The number of halogens is 2. The van der Waals surface area contributed by atoms with Gasteiger partial charge < -0.3 is 0 Å². The Hall–Kier alpha value is -0.210. The number of aromatic nitrogens is 2. The smallest absolute Gasteiger partial charge is 0.169 e. The summed E-state index contributed by atoms with van der Waals surface area (Å²) in [6.07, 6.45) is 0. The average Bonchev–Trinajstić information content (AvgIpc) is 2.11. The Balaban J connectivity index is 3.15. The molecule has 0 aliphatic heterocycles. The first kappa shape index (κ1) is 8.88. The molecule has 11 heavy (non-hydrogen) atoms. The van der Waals surface area contributed by atoms with Gasteiger partial charge in [-0.15, -0.1) is 0 Å². The van der Waals surface area contributed by atoms with Crippen molar-refractivity contribution in [2.45, 2.75) is 26.2 Å². The van der Waals surface area contributed by atoms with Gasteiger partial charge in [-0.25, -0.2) is 0 Å². The fourth-order valence-corrected chi connectivity index (χ4v) is 1.31. The topological polar surface area (TPSA) is 28.7 Å². The Morgan fingerprint density at radius 2 is 1.82 bits per heavy atom. The number of aromatic amines is 1. The predicted octanol–water partition coefficient (Wildman–Crippen LogP) is 3.01. The maximum Gasteiger partial charge on any atom is 0.169 e. The van der Waals surface area contributed by atoms with E-state index in [0.29, 0.717) is 10.2 Å². The van der Waals surface area contributed by atoms with E-state index in [1.165, 1.54) is 0 Å². The lowest BCUT2D eigenvalue weighted by Gasteiger charge is -2.15. The van der Waals surface area contributed by atoms with Crippen molar-refractivity contribution in [1.82, 2.24) is 10.2 Å². The van der Waals surface area contributed by atoms with Gasteiger partial charge in [0.05, 0.1) is 5.69 Å². The molecule has 0 fully saturated rings. The van der Waals surface area contributed by atoms with Crippen LogP contribution in [0.15, 0.2) is 0 Å². The van der Waals surface area contributed by atoms with Gasteiger partial charge in [-0.2, -0.15) is 5.10 Å². The van der Waals surface area contributed by atoms with E-state index >= 15 is 0 Å². The van der Waals surface area contributed by atoms with Crippen LogP contribution in [0.5, 0.6) is 0 Å². The zero-order valence-electron chi connectivity index (χ0n) is 6.70. The van der Waals surface area contributed by atoms with E-state index in [0.717, 1.165) is 5.69 Å². The summed E-state index contributed by atoms with van der Waals surface area (Å²) in [5.74, 6) is 0. The van der Waals surface area contributed by atoms with Crippen LogP contribution in [0.25, 0.3) is 0 Å². The second-order valence-electron chi connectivity index (χ2n) is 3.45. The highest BCUT2D eigenvalue weighted by molar-refractivity contribution is 6.41. The molecule has 2 nitrogen and oxygen atoms in total. The molecular weight excluding hydrogens is 183 g/mol. The van der Waals surface area contributed by atoms with Crippen LogP contribution < -0.4 is 0 Å². The van der Waals surface area contributed by atoms with E-state index in [2.05, 4.69) is 10.2 Å². The molecule has 0 bridgehead atoms. The van der Waals surface area contributed by atoms with Gasteiger partial charge in [-0.05, 0) is 0 Å². The quantitative estimate of drug-likeness (QED) is 0.673. The molecule has 4 heteroatoms. The molecule has 0 spiro atoms. The first-order valence-corrected chi connectivity index (χ1v) is 4.08. The van der Waals surface area contributed by atoms with Crippen LogP contribution in [-0.2, 0) is 5.41 Å². The minimum atomic E-state index is -0.0305. The summed E-state index contributed by atoms with van der Waals surface area (Å²) in [6.45, 7) is 6.13. The summed E-state index contributed by atoms with van der Waals surface area (Å²) in [7, 11) is 0. The van der Waals surface area contributed by atoms with Crippen molar-refractivity contribution in [1.29, 1.82) is 0 Å². The van der Waals surface area contributed by atoms with Crippen LogP contribution in [-0.4, -0.2) is 10.2 Å². The highest BCUT2D eigenvalue weighted by Crippen LogP contribution is 2.31. The number of H-pyrrole nitrogens is 1. The molecule has 1 rings (SSSR count). The van der Waals surface area contributed by atoms with Gasteiger partial charge in [0.15, 0.2) is 5.15 Å². The molecule has 62 valence electrons. The number of nitrogens with zero attached hydrogens (tertiary/aromatic N) is 1. The van der Waals surface area contributed by atoms with Gasteiger partial charge in [-0.3, -0.25) is 5.10 Å². The zero-order chi connectivity index (χ0) is 8.65. The first-order chi connectivity index (χ1) is 4.93. The van der Waals surface area contributed by atoms with Crippen LogP contribution in [0.4, 0.5) is 0 Å². The van der Waals surface area contributed by atoms with Crippen LogP contribution in [0.2, 0.25) is 10.2 Å². The molecule has 0 saturated heterocycles. The minimum Gasteiger partial charge on any atom is -0.279 e. The second kappa shape index (κ2) is 2.68. The fourth-order valence-electron chi connectivity index (χ4n) is 0.803. The lowest BCUT2D eigenvalue weighted by atomic mass is 9.92. The number of hydrogen-bond acceptors (Lipinski definition) is 1. The molecule has 0 unspecified atom stereocenters. The predicted molar refractivity (Wildman–Crippen MR) is 47.3 cm³/mol. The summed E-state index contributed by atoms with van der Waals surface area (Å²) in [6, 6.07) is 0. The van der Waals surface area contributed by atoms with E-state index in [9.17, 15) is 0 Å². The van der Waals surface area contributed by atoms with Crippen molar-refractivity contribution in [3.8, 4) is 0 Å². The van der Waals surface area contributed by atoms with Crippen molar-refractivity contribution in [2.24, 2.45) is 0 Å². The molecule has 0 amide bonds. The average molecular weight is 193 g/mol. The second-order valence-corrected chi connectivity index (χ2v) is 4.19. The van der Waals surface area contributed by atoms with E-state index in [1.807, 2.05) is 20.8 Å². The van der Waals surface area contributed by atoms with E-state index in [1.54, 1.807) is 0 Å². The SMILES string of the molecule is CC(C)(C)c1[nH]nc(Cl)c1Cl. The molecule has 0 radical (unpaired) electrons. The van der Waals surface area contributed by atoms with Gasteiger partial charge >= 0.3 is 0 Å². The van der Waals surface area contributed by atoms with E-state index in [-0.39, 0.29) is 5.41 Å². The Labute approximate surface area is 75.9 Å². The minimum absolute atomic E-state index is 0.0305. The van der Waals surface area contributed by atoms with Gasteiger partial charge in [0.25, 0.3) is 0 Å². The van der Waals surface area contributed by atoms with E-state index in [4.69, 9.17) is 23.2 Å². The van der Waals surface area contributed by atoms with Crippen molar-refractivity contribution < 1.29 is 0 Å². The maximum absolute atomic E-state index is 5.87. The highest BCUT2D eigenvalue weighted by atomic mass is 35.5. The van der Waals surface area contributed by atoms with Crippen molar-refractivity contribution in [3.63, 3.8) is 0 Å². The summed E-state index contributed by atoms with van der Waals surface area (Å²) in [5, 5.41) is 7.46. The van der Waals surface area contributed by atoms with Gasteiger partial charge in [0.2, 0.25) is 0 Å². The van der Waals surface area contributed by atoms with Crippen LogP contribution in [0, 0.1) is 0 Å². The van der Waals surface area contributed by atoms with Crippen LogP contribution in [0.3, 0.4) is 0 Å². The van der Waals surface area contributed by atoms with Gasteiger partial charge in [0.1, 0.15) is 5.02 Å². The summed E-state index contributed by atoms with van der Waals surface area (Å²) < 4.78 is 0. The molecule has 0 aliphatic carbocycles. The fraction of sp³-hybridized carbons (Fsp3) is 0.571. The molecule has 1 aromatic rings. The molecule has 1 N–H and O–H groups in total. The molecule has 0 aromatic carbocycles. The summed E-state index contributed by atoms with van der Waals surface area (Å²) in [4.78, 5) is 0. The van der Waals surface area contributed by atoms with Crippen molar-refractivity contribution in [3.05, 3.63) is 15.9 Å². The number of hydrogen-bond donors (Lipinski definition) is 1. The number of rotatable bonds is 0. The standard InChI is InChI=1S/C7H10Cl2N2/c1-7(2,3)5-4(8)6(9)11-10-5/h1-3H3,(H,10,11). The third kappa shape index (κ3) is 1.68. The molecule has 0 atom stereocenters. The Bertz CT molecular complexity index is 260. The third-order valence-corrected chi connectivity index (χ3v) is 2.15. The van der Waals surface area contributed by atoms with Crippen molar-refractivity contribution >= 4 is 23.2 Å². The molecule has 0 saturated carbocycles. The molecule has 0 aliphatic rings. The molecule has 1 aromatic heterocycles. The highest BCUT2D eigenvalue weighted by Gasteiger charge is 2.21. The Morgan fingerprint density at radius 3 is 2.00 bits per heavy atom. The van der Waals surface area contributed by atoms with E-state index < -0.39 is 0 Å². The Kier molecular flexibility index (Phi) is 2.17. The first-order valence-electron chi connectivity index (χ1n) is 3.33. The normalized spacial score (nSPS) is 12.1. The van der Waals surface area contributed by atoms with Crippen LogP contribution >= 0.6 is 23.2 Å².